The average molecular weight is 388 g/mol. The van der Waals surface area contributed by atoms with Gasteiger partial charge in [-0.15, -0.1) is 0 Å². The molecule has 0 N–H and O–H groups in total. The zero-order chi connectivity index (χ0) is 20.1. The van der Waals surface area contributed by atoms with Gasteiger partial charge in [0.1, 0.15) is 17.5 Å². The van der Waals surface area contributed by atoms with Crippen LogP contribution in [0.15, 0.2) is 53.1 Å². The summed E-state index contributed by atoms with van der Waals surface area (Å²) in [4.78, 5) is 18.1. The first-order chi connectivity index (χ1) is 13.5. The molecule has 3 aromatic rings. The number of aryl methyl sites for hydroxylation is 1. The molecule has 2 aromatic carbocycles. The third-order valence-electron chi connectivity index (χ3n) is 4.30. The number of hydrogen-bond donors (Lipinski definition) is 0. The Kier molecular flexibility index (Phi) is 6.13. The highest BCUT2D eigenvalue weighted by atomic mass is 19.1. The second kappa shape index (κ2) is 8.73. The number of oxazole rings is 1. The lowest BCUT2D eigenvalue weighted by Crippen LogP contribution is -2.30. The summed E-state index contributed by atoms with van der Waals surface area (Å²) in [5.41, 5.74) is 0.813. The summed E-state index contributed by atoms with van der Waals surface area (Å²) in [5, 5.41) is 0. The molecule has 1 aromatic heterocycles. The van der Waals surface area contributed by atoms with Crippen molar-refractivity contribution in [1.29, 1.82) is 0 Å². The third-order valence-corrected chi connectivity index (χ3v) is 4.30. The maximum absolute atomic E-state index is 13.8. The Morgan fingerprint density at radius 2 is 1.89 bits per heavy atom. The van der Waals surface area contributed by atoms with Gasteiger partial charge in [0, 0.05) is 32.0 Å². The summed E-state index contributed by atoms with van der Waals surface area (Å²) in [6.07, 6.45) is 1.73. The highest BCUT2D eigenvalue weighted by Crippen LogP contribution is 2.24. The van der Waals surface area contributed by atoms with Crippen LogP contribution in [-0.2, 0) is 17.8 Å². The minimum absolute atomic E-state index is 0.104. The summed E-state index contributed by atoms with van der Waals surface area (Å²) in [7, 11) is 0. The van der Waals surface area contributed by atoms with Gasteiger partial charge in [-0.05, 0) is 36.8 Å². The number of nitrogens with zero attached hydrogens (tertiary/aromatic N) is 2. The number of rotatable bonds is 7. The topological polar surface area (TPSA) is 46.3 Å². The molecule has 7 heteroatoms. The van der Waals surface area contributed by atoms with Gasteiger partial charge in [-0.3, -0.25) is 4.79 Å². The summed E-state index contributed by atoms with van der Waals surface area (Å²) in [5.74, 6) is -1.43. The largest absolute Gasteiger partial charge is 0.441 e. The first kappa shape index (κ1) is 19.7. The van der Waals surface area contributed by atoms with Crippen molar-refractivity contribution in [2.75, 3.05) is 6.54 Å². The Bertz CT molecular complexity index is 972. The predicted molar refractivity (Wildman–Crippen MR) is 97.7 cm³/mol. The molecule has 0 unspecified atom stereocenters. The summed E-state index contributed by atoms with van der Waals surface area (Å²) < 4.78 is 45.7. The van der Waals surface area contributed by atoms with Crippen LogP contribution in [0.1, 0.15) is 24.8 Å². The molecule has 0 fully saturated rings. The first-order valence-corrected chi connectivity index (χ1v) is 8.88. The van der Waals surface area contributed by atoms with Gasteiger partial charge in [-0.25, -0.2) is 18.2 Å². The van der Waals surface area contributed by atoms with E-state index in [2.05, 4.69) is 4.98 Å². The van der Waals surface area contributed by atoms with Crippen molar-refractivity contribution in [1.82, 2.24) is 9.88 Å². The van der Waals surface area contributed by atoms with Gasteiger partial charge < -0.3 is 9.32 Å². The van der Waals surface area contributed by atoms with Crippen LogP contribution < -0.4 is 0 Å². The molecule has 146 valence electrons. The molecule has 0 aliphatic carbocycles. The molecule has 0 spiro atoms. The standard InChI is InChI=1S/C21H19F3N2O2/c1-2-26(13-14-4-3-5-15(22)10-14)21(27)9-8-20-25-12-19(28-20)17-7-6-16(23)11-18(17)24/h3-7,10-12H,2,8-9,13H2,1H3. The molecule has 0 aliphatic heterocycles. The minimum Gasteiger partial charge on any atom is -0.441 e. The van der Waals surface area contributed by atoms with Gasteiger partial charge in [0.05, 0.1) is 11.8 Å². The highest BCUT2D eigenvalue weighted by molar-refractivity contribution is 5.76. The number of hydrogen-bond acceptors (Lipinski definition) is 3. The lowest BCUT2D eigenvalue weighted by Gasteiger charge is -2.20. The molecule has 0 bridgehead atoms. The Hall–Kier alpha value is -3.09. The van der Waals surface area contributed by atoms with Crippen LogP contribution in [0.4, 0.5) is 13.2 Å². The fraction of sp³-hybridized carbons (Fsp3) is 0.238. The van der Waals surface area contributed by atoms with Crippen molar-refractivity contribution in [3.05, 3.63) is 77.6 Å². The number of benzene rings is 2. The zero-order valence-corrected chi connectivity index (χ0v) is 15.3. The smallest absolute Gasteiger partial charge is 0.223 e. The van der Waals surface area contributed by atoms with Crippen molar-refractivity contribution >= 4 is 5.91 Å². The molecule has 0 saturated heterocycles. The maximum atomic E-state index is 13.8. The average Bonchev–Trinajstić information content (AvgIpc) is 3.13. The Morgan fingerprint density at radius 3 is 2.61 bits per heavy atom. The SMILES string of the molecule is CCN(Cc1cccc(F)c1)C(=O)CCc1ncc(-c2ccc(F)cc2F)o1. The van der Waals surface area contributed by atoms with Gasteiger partial charge in [-0.1, -0.05) is 12.1 Å². The van der Waals surface area contributed by atoms with E-state index in [4.69, 9.17) is 4.42 Å². The normalized spacial score (nSPS) is 10.9. The summed E-state index contributed by atoms with van der Waals surface area (Å²) in [6.45, 7) is 2.63. The third kappa shape index (κ3) is 4.79. The fourth-order valence-corrected chi connectivity index (χ4v) is 2.84. The molecule has 1 heterocycles. The molecular formula is C21H19F3N2O2. The molecule has 0 radical (unpaired) electrons. The van der Waals surface area contributed by atoms with Crippen LogP contribution in [0.3, 0.4) is 0 Å². The van der Waals surface area contributed by atoms with Gasteiger partial charge in [0.25, 0.3) is 0 Å². The zero-order valence-electron chi connectivity index (χ0n) is 15.3. The van der Waals surface area contributed by atoms with Gasteiger partial charge in [0.2, 0.25) is 5.91 Å². The second-order valence-corrected chi connectivity index (χ2v) is 6.28. The Morgan fingerprint density at radius 1 is 1.11 bits per heavy atom. The van der Waals surface area contributed by atoms with Crippen LogP contribution in [0.25, 0.3) is 11.3 Å². The van der Waals surface area contributed by atoms with E-state index in [1.54, 1.807) is 17.0 Å². The van der Waals surface area contributed by atoms with Gasteiger partial charge in [0.15, 0.2) is 11.7 Å². The van der Waals surface area contributed by atoms with E-state index in [9.17, 15) is 18.0 Å². The van der Waals surface area contributed by atoms with Crippen LogP contribution in [0.2, 0.25) is 0 Å². The highest BCUT2D eigenvalue weighted by Gasteiger charge is 2.16. The fourth-order valence-electron chi connectivity index (χ4n) is 2.84. The van der Waals surface area contributed by atoms with Crippen LogP contribution in [-0.4, -0.2) is 22.3 Å². The molecule has 0 atom stereocenters. The van der Waals surface area contributed by atoms with E-state index in [1.807, 2.05) is 6.92 Å². The molecule has 4 nitrogen and oxygen atoms in total. The molecule has 0 aliphatic rings. The van der Waals surface area contributed by atoms with Crippen molar-refractivity contribution in [3.8, 4) is 11.3 Å². The predicted octanol–water partition coefficient (Wildman–Crippen LogP) is 4.74. The van der Waals surface area contributed by atoms with E-state index in [-0.39, 0.29) is 41.8 Å². The van der Waals surface area contributed by atoms with Gasteiger partial charge >= 0.3 is 0 Å². The lowest BCUT2D eigenvalue weighted by atomic mass is 10.2. The van der Waals surface area contributed by atoms with Crippen LogP contribution in [0, 0.1) is 17.5 Å². The Labute approximate surface area is 160 Å². The number of halogens is 3. The van der Waals surface area contributed by atoms with E-state index < -0.39 is 11.6 Å². The van der Waals surface area contributed by atoms with Gasteiger partial charge in [-0.2, -0.15) is 0 Å². The lowest BCUT2D eigenvalue weighted by molar-refractivity contribution is -0.131. The van der Waals surface area contributed by atoms with Crippen LogP contribution in [0.5, 0.6) is 0 Å². The summed E-state index contributed by atoms with van der Waals surface area (Å²) >= 11 is 0. The first-order valence-electron chi connectivity index (χ1n) is 8.88. The maximum Gasteiger partial charge on any atom is 0.223 e. The molecule has 3 rings (SSSR count). The van der Waals surface area contributed by atoms with E-state index >= 15 is 0 Å². The number of carbonyl (C=O) groups excluding carboxylic acids is 1. The monoisotopic (exact) mass is 388 g/mol. The number of amides is 1. The van der Waals surface area contributed by atoms with E-state index in [0.29, 0.717) is 18.7 Å². The Balaban J connectivity index is 1.61. The van der Waals surface area contributed by atoms with Crippen LogP contribution >= 0.6 is 0 Å². The molecule has 28 heavy (non-hydrogen) atoms. The van der Waals surface area contributed by atoms with E-state index in [0.717, 1.165) is 12.1 Å². The van der Waals surface area contributed by atoms with Crippen molar-refractivity contribution in [2.24, 2.45) is 0 Å². The molecule has 1 amide bonds. The molecule has 0 saturated carbocycles. The van der Waals surface area contributed by atoms with E-state index in [1.165, 1.54) is 24.4 Å². The molecular weight excluding hydrogens is 369 g/mol. The quantitative estimate of drug-likeness (QED) is 0.587. The van der Waals surface area contributed by atoms with Crippen molar-refractivity contribution < 1.29 is 22.4 Å². The summed E-state index contributed by atoms with van der Waals surface area (Å²) in [6, 6.07) is 9.29. The number of carbonyl (C=O) groups is 1. The minimum atomic E-state index is -0.744. The van der Waals surface area contributed by atoms with Crippen molar-refractivity contribution in [2.45, 2.75) is 26.3 Å². The number of aromatic nitrogens is 1. The second-order valence-electron chi connectivity index (χ2n) is 6.28. The van der Waals surface area contributed by atoms with Crippen molar-refractivity contribution in [3.63, 3.8) is 0 Å².